The van der Waals surface area contributed by atoms with Crippen LogP contribution in [0.2, 0.25) is 0 Å². The maximum Gasteiger partial charge on any atom is 0.237 e. The summed E-state index contributed by atoms with van der Waals surface area (Å²) in [4.78, 5) is 12.0. The van der Waals surface area contributed by atoms with Crippen molar-refractivity contribution in [3.63, 3.8) is 0 Å². The largest absolute Gasteiger partial charge is 0.392 e. The third kappa shape index (κ3) is 3.19. The number of rotatable bonds is 2. The van der Waals surface area contributed by atoms with E-state index < -0.39 is 0 Å². The van der Waals surface area contributed by atoms with Crippen LogP contribution in [-0.2, 0) is 4.79 Å². The van der Waals surface area contributed by atoms with Crippen LogP contribution in [0.15, 0.2) is 0 Å². The Kier molecular flexibility index (Phi) is 4.05. The molecule has 1 heterocycles. The molecule has 0 radical (unpaired) electrons. The minimum absolute atomic E-state index is 0.0632. The summed E-state index contributed by atoms with van der Waals surface area (Å²) in [5.74, 6) is 1.53. The summed E-state index contributed by atoms with van der Waals surface area (Å²) in [7, 11) is 0. The summed E-state index contributed by atoms with van der Waals surface area (Å²) in [5, 5.41) is 15.6. The van der Waals surface area contributed by atoms with Crippen LogP contribution in [0.25, 0.3) is 0 Å². The molecule has 0 aromatic rings. The molecule has 5 unspecified atom stereocenters. The van der Waals surface area contributed by atoms with E-state index in [9.17, 15) is 9.90 Å². The summed E-state index contributed by atoms with van der Waals surface area (Å²) in [5.41, 5.74) is 0. The van der Waals surface area contributed by atoms with Gasteiger partial charge in [0.05, 0.1) is 12.1 Å². The molecule has 3 N–H and O–H groups in total. The third-order valence-electron chi connectivity index (χ3n) is 4.37. The molecule has 0 aromatic carbocycles. The van der Waals surface area contributed by atoms with Crippen molar-refractivity contribution in [2.75, 3.05) is 6.54 Å². The van der Waals surface area contributed by atoms with Crippen molar-refractivity contribution in [2.24, 2.45) is 11.8 Å². The average molecular weight is 240 g/mol. The molecule has 1 aliphatic heterocycles. The molecule has 4 heteroatoms. The zero-order valence-corrected chi connectivity index (χ0v) is 10.8. The Labute approximate surface area is 103 Å². The zero-order chi connectivity index (χ0) is 12.4. The lowest BCUT2D eigenvalue weighted by atomic mass is 9.79. The quantitative estimate of drug-likeness (QED) is 0.664. The number of amides is 1. The lowest BCUT2D eigenvalue weighted by molar-refractivity contribution is -0.124. The van der Waals surface area contributed by atoms with Gasteiger partial charge in [0.15, 0.2) is 0 Å². The van der Waals surface area contributed by atoms with Crippen LogP contribution in [0.5, 0.6) is 0 Å². The molecule has 5 atom stereocenters. The van der Waals surface area contributed by atoms with Crippen LogP contribution in [0.4, 0.5) is 0 Å². The number of aliphatic hydroxyl groups is 1. The van der Waals surface area contributed by atoms with E-state index in [4.69, 9.17) is 0 Å². The van der Waals surface area contributed by atoms with Crippen molar-refractivity contribution in [3.8, 4) is 0 Å². The number of hydrogen-bond donors (Lipinski definition) is 3. The molecule has 0 aromatic heterocycles. The van der Waals surface area contributed by atoms with Gasteiger partial charge in [-0.3, -0.25) is 4.79 Å². The molecule has 0 bridgehead atoms. The number of aliphatic hydroxyl groups excluding tert-OH is 1. The first kappa shape index (κ1) is 12.8. The Morgan fingerprint density at radius 1 is 1.24 bits per heavy atom. The first-order chi connectivity index (χ1) is 8.06. The van der Waals surface area contributed by atoms with Crippen LogP contribution in [0.1, 0.15) is 39.5 Å². The predicted octanol–water partition coefficient (Wildman–Crippen LogP) is 0.650. The standard InChI is InChI=1S/C13H24N2O2/c1-8-3-4-10(5-9(8)2)15-13(17)12-6-11(16)7-14-12/h8-12,14,16H,3-7H2,1-2H3,(H,15,17). The minimum Gasteiger partial charge on any atom is -0.392 e. The molecule has 1 saturated carbocycles. The van der Waals surface area contributed by atoms with Gasteiger partial charge in [-0.2, -0.15) is 0 Å². The van der Waals surface area contributed by atoms with Gasteiger partial charge < -0.3 is 15.7 Å². The van der Waals surface area contributed by atoms with Gasteiger partial charge >= 0.3 is 0 Å². The molecule has 4 nitrogen and oxygen atoms in total. The molecule has 1 aliphatic carbocycles. The minimum atomic E-state index is -0.365. The molecule has 17 heavy (non-hydrogen) atoms. The fraction of sp³-hybridized carbons (Fsp3) is 0.923. The van der Waals surface area contributed by atoms with E-state index in [1.807, 2.05) is 0 Å². The van der Waals surface area contributed by atoms with Crippen molar-refractivity contribution >= 4 is 5.91 Å². The summed E-state index contributed by atoms with van der Waals surface area (Å²) in [6, 6.07) is 0.132. The molecular weight excluding hydrogens is 216 g/mol. The molecule has 2 rings (SSSR count). The number of nitrogens with one attached hydrogen (secondary N) is 2. The first-order valence-electron chi connectivity index (χ1n) is 6.78. The molecule has 0 spiro atoms. The lowest BCUT2D eigenvalue weighted by Gasteiger charge is -2.33. The molecule has 2 fully saturated rings. The number of carbonyl (C=O) groups is 1. The average Bonchev–Trinajstić information content (AvgIpc) is 2.70. The second kappa shape index (κ2) is 5.36. The Morgan fingerprint density at radius 3 is 2.59 bits per heavy atom. The van der Waals surface area contributed by atoms with Crippen molar-refractivity contribution in [1.82, 2.24) is 10.6 Å². The topological polar surface area (TPSA) is 61.4 Å². The van der Waals surface area contributed by atoms with Crippen LogP contribution >= 0.6 is 0 Å². The van der Waals surface area contributed by atoms with Crippen molar-refractivity contribution < 1.29 is 9.90 Å². The fourth-order valence-corrected chi connectivity index (χ4v) is 2.90. The number of β-amino-alcohol motifs (C(OH)–C–C–N with tert-alkyl or cyclic N) is 1. The van der Waals surface area contributed by atoms with Crippen LogP contribution in [0.3, 0.4) is 0 Å². The van der Waals surface area contributed by atoms with Gasteiger partial charge in [-0.15, -0.1) is 0 Å². The Hall–Kier alpha value is -0.610. The SMILES string of the molecule is CC1CCC(NC(=O)C2CC(O)CN2)CC1C. The van der Waals surface area contributed by atoms with Gasteiger partial charge in [0.25, 0.3) is 0 Å². The van der Waals surface area contributed by atoms with Gasteiger partial charge in [-0.25, -0.2) is 0 Å². The van der Waals surface area contributed by atoms with Gasteiger partial charge in [0, 0.05) is 12.6 Å². The Balaban J connectivity index is 1.79. The van der Waals surface area contributed by atoms with Gasteiger partial charge in [0.2, 0.25) is 5.91 Å². The van der Waals surface area contributed by atoms with Crippen molar-refractivity contribution in [1.29, 1.82) is 0 Å². The molecule has 1 saturated heterocycles. The third-order valence-corrected chi connectivity index (χ3v) is 4.37. The Bertz CT molecular complexity index is 283. The van der Waals surface area contributed by atoms with Crippen molar-refractivity contribution in [2.45, 2.75) is 57.7 Å². The maximum absolute atomic E-state index is 12.0. The summed E-state index contributed by atoms with van der Waals surface area (Å²) in [6.07, 6.45) is 3.56. The summed E-state index contributed by atoms with van der Waals surface area (Å²) in [6.45, 7) is 5.09. The normalized spacial score (nSPS) is 42.4. The molecule has 98 valence electrons. The monoisotopic (exact) mass is 240 g/mol. The van der Waals surface area contributed by atoms with Crippen molar-refractivity contribution in [3.05, 3.63) is 0 Å². The highest BCUT2D eigenvalue weighted by Gasteiger charge is 2.31. The highest BCUT2D eigenvalue weighted by atomic mass is 16.3. The predicted molar refractivity (Wildman–Crippen MR) is 66.5 cm³/mol. The van der Waals surface area contributed by atoms with E-state index in [-0.39, 0.29) is 18.1 Å². The summed E-state index contributed by atoms with van der Waals surface area (Å²) < 4.78 is 0. The van der Waals surface area contributed by atoms with Crippen LogP contribution in [-0.4, -0.2) is 35.7 Å². The molecule has 2 aliphatic rings. The smallest absolute Gasteiger partial charge is 0.237 e. The van der Waals surface area contributed by atoms with Gasteiger partial charge in [0.1, 0.15) is 0 Å². The van der Waals surface area contributed by atoms with E-state index in [0.29, 0.717) is 24.9 Å². The number of hydrogen-bond acceptors (Lipinski definition) is 3. The second-order valence-corrected chi connectivity index (χ2v) is 5.82. The van der Waals surface area contributed by atoms with E-state index in [1.165, 1.54) is 6.42 Å². The maximum atomic E-state index is 12.0. The van der Waals surface area contributed by atoms with E-state index >= 15 is 0 Å². The second-order valence-electron chi connectivity index (χ2n) is 5.82. The highest BCUT2D eigenvalue weighted by molar-refractivity contribution is 5.82. The summed E-state index contributed by atoms with van der Waals surface area (Å²) >= 11 is 0. The van der Waals surface area contributed by atoms with Gasteiger partial charge in [-0.05, 0) is 37.5 Å². The fourth-order valence-electron chi connectivity index (χ4n) is 2.90. The Morgan fingerprint density at radius 2 is 2.00 bits per heavy atom. The molecule has 1 amide bonds. The van der Waals surface area contributed by atoms with E-state index in [0.717, 1.165) is 18.8 Å². The number of carbonyl (C=O) groups excluding carboxylic acids is 1. The lowest BCUT2D eigenvalue weighted by Crippen LogP contribution is -2.47. The van der Waals surface area contributed by atoms with E-state index in [1.54, 1.807) is 0 Å². The zero-order valence-electron chi connectivity index (χ0n) is 10.8. The van der Waals surface area contributed by atoms with Gasteiger partial charge in [-0.1, -0.05) is 13.8 Å². The van der Waals surface area contributed by atoms with Crippen LogP contribution < -0.4 is 10.6 Å². The van der Waals surface area contributed by atoms with Crippen LogP contribution in [0, 0.1) is 11.8 Å². The highest BCUT2D eigenvalue weighted by Crippen LogP contribution is 2.29. The van der Waals surface area contributed by atoms with E-state index in [2.05, 4.69) is 24.5 Å². The molecular formula is C13H24N2O2. The first-order valence-corrected chi connectivity index (χ1v) is 6.78.